The molecule has 0 radical (unpaired) electrons. The van der Waals surface area contributed by atoms with Crippen molar-refractivity contribution in [2.24, 2.45) is 0 Å². The lowest BCUT2D eigenvalue weighted by atomic mass is 10.1. The molecule has 2 fully saturated rings. The summed E-state index contributed by atoms with van der Waals surface area (Å²) in [6.07, 6.45) is 1.95. The number of hydrogen-bond donors (Lipinski definition) is 0. The van der Waals surface area contributed by atoms with Crippen LogP contribution in [0.25, 0.3) is 0 Å². The minimum atomic E-state index is 0.644. The van der Waals surface area contributed by atoms with Crippen LogP contribution in [0.4, 0.5) is 11.5 Å². The number of aryl methyl sites for hydroxylation is 2. The Labute approximate surface area is 202 Å². The van der Waals surface area contributed by atoms with Crippen LogP contribution in [0.5, 0.6) is 0 Å². The average molecular weight is 452 g/mol. The van der Waals surface area contributed by atoms with Gasteiger partial charge in [0.25, 0.3) is 0 Å². The average Bonchev–Trinajstić information content (AvgIpc) is 2.80. The van der Waals surface area contributed by atoms with E-state index < -0.39 is 0 Å². The molecule has 2 aromatic rings. The fourth-order valence-corrected chi connectivity index (χ4v) is 4.84. The first-order valence-electron chi connectivity index (χ1n) is 12.7. The molecule has 182 valence electrons. The predicted molar refractivity (Wildman–Crippen MR) is 143 cm³/mol. The summed E-state index contributed by atoms with van der Waals surface area (Å²) in [7, 11) is 0. The van der Waals surface area contributed by atoms with Crippen LogP contribution in [0.15, 0.2) is 42.6 Å². The van der Waals surface area contributed by atoms with Crippen molar-refractivity contribution < 1.29 is 0 Å². The highest BCUT2D eigenvalue weighted by Gasteiger charge is 2.25. The third-order valence-electron chi connectivity index (χ3n) is 7.01. The Morgan fingerprint density at radius 1 is 0.727 bits per heavy atom. The largest absolute Gasteiger partial charge is 0.369 e. The van der Waals surface area contributed by atoms with E-state index in [1.54, 1.807) is 0 Å². The summed E-state index contributed by atoms with van der Waals surface area (Å²) < 4.78 is 0. The Hall–Kier alpha value is -2.11. The Balaban J connectivity index is 0.000000186. The first kappa shape index (κ1) is 25.5. The van der Waals surface area contributed by atoms with Crippen LogP contribution in [-0.2, 0) is 0 Å². The van der Waals surface area contributed by atoms with Gasteiger partial charge in [0.05, 0.1) is 0 Å². The quantitative estimate of drug-likeness (QED) is 0.663. The smallest absolute Gasteiger partial charge is 0.128 e. The van der Waals surface area contributed by atoms with E-state index in [1.165, 1.54) is 23.4 Å². The van der Waals surface area contributed by atoms with E-state index in [0.29, 0.717) is 18.1 Å². The number of aromatic nitrogens is 1. The maximum atomic E-state index is 4.48. The molecule has 1 unspecified atom stereocenters. The summed E-state index contributed by atoms with van der Waals surface area (Å²) in [4.78, 5) is 14.5. The maximum Gasteiger partial charge on any atom is 0.128 e. The van der Waals surface area contributed by atoms with Crippen LogP contribution < -0.4 is 9.80 Å². The van der Waals surface area contributed by atoms with Crippen LogP contribution >= 0.6 is 0 Å². The van der Waals surface area contributed by atoms with Crippen molar-refractivity contribution in [3.63, 3.8) is 0 Å². The maximum absolute atomic E-state index is 4.48. The van der Waals surface area contributed by atoms with Gasteiger partial charge in [0.15, 0.2) is 0 Å². The fraction of sp³-hybridized carbons (Fsp3) is 0.607. The molecule has 3 heterocycles. The van der Waals surface area contributed by atoms with E-state index in [0.717, 1.165) is 45.1 Å². The molecule has 2 aliphatic rings. The molecule has 2 aliphatic heterocycles. The zero-order valence-corrected chi connectivity index (χ0v) is 22.0. The van der Waals surface area contributed by atoms with Crippen LogP contribution in [0.2, 0.25) is 0 Å². The Kier molecular flexibility index (Phi) is 9.16. The molecule has 5 heteroatoms. The van der Waals surface area contributed by atoms with Gasteiger partial charge >= 0.3 is 0 Å². The minimum Gasteiger partial charge on any atom is -0.369 e. The van der Waals surface area contributed by atoms with Crippen molar-refractivity contribution in [3.05, 3.63) is 53.7 Å². The van der Waals surface area contributed by atoms with Crippen LogP contribution in [0.1, 0.15) is 45.7 Å². The third kappa shape index (κ3) is 7.18. The van der Waals surface area contributed by atoms with Gasteiger partial charge in [0, 0.05) is 75.8 Å². The number of piperazine rings is 2. The van der Waals surface area contributed by atoms with E-state index in [1.807, 2.05) is 6.20 Å². The van der Waals surface area contributed by atoms with Crippen molar-refractivity contribution >= 4 is 11.5 Å². The lowest BCUT2D eigenvalue weighted by Crippen LogP contribution is -2.54. The van der Waals surface area contributed by atoms with Crippen LogP contribution in [0, 0.1) is 13.8 Å². The van der Waals surface area contributed by atoms with Gasteiger partial charge in [0.2, 0.25) is 0 Å². The lowest BCUT2D eigenvalue weighted by Gasteiger charge is -2.43. The highest BCUT2D eigenvalue weighted by Crippen LogP contribution is 2.21. The summed E-state index contributed by atoms with van der Waals surface area (Å²) in [5, 5.41) is 0. The number of pyridine rings is 1. The van der Waals surface area contributed by atoms with Gasteiger partial charge in [-0.1, -0.05) is 23.8 Å². The van der Waals surface area contributed by atoms with Crippen molar-refractivity contribution in [1.29, 1.82) is 0 Å². The third-order valence-corrected chi connectivity index (χ3v) is 7.01. The molecule has 0 N–H and O–H groups in total. The van der Waals surface area contributed by atoms with Gasteiger partial charge in [-0.3, -0.25) is 9.80 Å². The Morgan fingerprint density at radius 3 is 1.85 bits per heavy atom. The molecule has 0 aliphatic carbocycles. The molecule has 0 spiro atoms. The van der Waals surface area contributed by atoms with E-state index >= 15 is 0 Å². The minimum absolute atomic E-state index is 0.644. The van der Waals surface area contributed by atoms with Crippen molar-refractivity contribution in [2.45, 2.75) is 66.6 Å². The van der Waals surface area contributed by atoms with Gasteiger partial charge in [-0.2, -0.15) is 0 Å². The zero-order valence-electron chi connectivity index (χ0n) is 22.0. The summed E-state index contributed by atoms with van der Waals surface area (Å²) in [5.41, 5.74) is 3.93. The van der Waals surface area contributed by atoms with Gasteiger partial charge < -0.3 is 9.80 Å². The zero-order chi connectivity index (χ0) is 24.0. The number of rotatable bonds is 4. The van der Waals surface area contributed by atoms with Gasteiger partial charge in [-0.15, -0.1) is 0 Å². The summed E-state index contributed by atoms with van der Waals surface area (Å²) >= 11 is 0. The first-order chi connectivity index (χ1) is 15.7. The summed E-state index contributed by atoms with van der Waals surface area (Å²) in [6, 6.07) is 15.1. The highest BCUT2D eigenvalue weighted by molar-refractivity contribution is 5.48. The topological polar surface area (TPSA) is 25.9 Å². The van der Waals surface area contributed by atoms with E-state index in [2.05, 4.69) is 109 Å². The molecule has 5 nitrogen and oxygen atoms in total. The number of nitrogens with zero attached hydrogens (tertiary/aromatic N) is 5. The molecule has 1 aromatic carbocycles. The second-order valence-corrected chi connectivity index (χ2v) is 10.3. The molecule has 0 saturated carbocycles. The number of benzene rings is 1. The van der Waals surface area contributed by atoms with Crippen LogP contribution in [0.3, 0.4) is 0 Å². The lowest BCUT2D eigenvalue weighted by molar-refractivity contribution is 0.148. The second-order valence-electron chi connectivity index (χ2n) is 10.3. The number of hydrogen-bond acceptors (Lipinski definition) is 5. The Morgan fingerprint density at radius 2 is 1.33 bits per heavy atom. The normalized spacial score (nSPS) is 20.2. The number of anilines is 2. The predicted octanol–water partition coefficient (Wildman–Crippen LogP) is 4.83. The summed E-state index contributed by atoms with van der Waals surface area (Å²) in [6.45, 7) is 23.6. The fourth-order valence-electron chi connectivity index (χ4n) is 4.84. The first-order valence-corrected chi connectivity index (χ1v) is 12.7. The van der Waals surface area contributed by atoms with Crippen molar-refractivity contribution in [2.75, 3.05) is 55.6 Å². The van der Waals surface area contributed by atoms with E-state index in [4.69, 9.17) is 0 Å². The molecule has 33 heavy (non-hydrogen) atoms. The molecule has 2 saturated heterocycles. The molecule has 0 bridgehead atoms. The second kappa shape index (κ2) is 11.8. The SMILES string of the molecule is Cc1ccc(N2CCN(C(C)C)C(C)C2)cc1.Cc1ccc(N2CCN(C(C)C)CC2)nc1. The van der Waals surface area contributed by atoms with Crippen molar-refractivity contribution in [3.8, 4) is 0 Å². The molecule has 1 aromatic heterocycles. The Bertz CT molecular complexity index is 822. The standard InChI is InChI=1S/C15H24N2.C13H21N3/c1-12(2)17-10-9-16(11-14(17)4)15-7-5-13(3)6-8-15;1-11(2)15-6-8-16(9-7-15)13-5-4-12(3)10-14-13/h5-8,12,14H,9-11H2,1-4H3;4-5,10-11H,6-9H2,1-3H3. The molecule has 0 amide bonds. The van der Waals surface area contributed by atoms with E-state index in [-0.39, 0.29) is 0 Å². The highest BCUT2D eigenvalue weighted by atomic mass is 15.3. The van der Waals surface area contributed by atoms with E-state index in [9.17, 15) is 0 Å². The molecule has 1 atom stereocenters. The molecule has 4 rings (SSSR count). The van der Waals surface area contributed by atoms with Crippen molar-refractivity contribution in [1.82, 2.24) is 14.8 Å². The van der Waals surface area contributed by atoms with Gasteiger partial charge in [-0.25, -0.2) is 4.98 Å². The molecular formula is C28H45N5. The summed E-state index contributed by atoms with van der Waals surface area (Å²) in [5.74, 6) is 1.12. The monoisotopic (exact) mass is 451 g/mol. The molecular weight excluding hydrogens is 406 g/mol. The van der Waals surface area contributed by atoms with Gasteiger partial charge in [0.1, 0.15) is 5.82 Å². The van der Waals surface area contributed by atoms with Gasteiger partial charge in [-0.05, 0) is 72.2 Å². The van der Waals surface area contributed by atoms with Crippen LogP contribution in [-0.4, -0.2) is 78.7 Å².